The van der Waals surface area contributed by atoms with Crippen LogP contribution in [0.1, 0.15) is 36.0 Å². The molecule has 102 valence electrons. The third-order valence-electron chi connectivity index (χ3n) is 4.08. The number of carbonyl (C=O) groups is 1. The van der Waals surface area contributed by atoms with Gasteiger partial charge in [-0.2, -0.15) is 0 Å². The van der Waals surface area contributed by atoms with Crippen LogP contribution in [0.25, 0.3) is 0 Å². The fraction of sp³-hybridized carbons (Fsp3) is 0.500. The number of fused-ring (bicyclic) bond motifs is 2. The second kappa shape index (κ2) is 5.17. The van der Waals surface area contributed by atoms with E-state index in [0.29, 0.717) is 26.9 Å². The molecule has 1 aromatic carbocycles. The standard InChI is InChI=1S/C14H14Br2FNO/c15-9-6-10-2-3-11(7-9)18(10)14(19)8-1-4-13(17)12(16)5-8/h1,4-5,9-11H,2-3,6-7H2. The molecule has 2 unspecified atom stereocenters. The second-order valence-electron chi connectivity index (χ2n) is 5.29. The monoisotopic (exact) mass is 389 g/mol. The minimum Gasteiger partial charge on any atom is -0.333 e. The molecule has 2 nitrogen and oxygen atoms in total. The number of rotatable bonds is 1. The van der Waals surface area contributed by atoms with Gasteiger partial charge in [-0.3, -0.25) is 4.79 Å². The first-order chi connectivity index (χ1) is 9.06. The van der Waals surface area contributed by atoms with Crippen LogP contribution in [0, 0.1) is 5.82 Å². The van der Waals surface area contributed by atoms with Gasteiger partial charge in [-0.1, -0.05) is 15.9 Å². The van der Waals surface area contributed by atoms with Crippen LogP contribution in [0.5, 0.6) is 0 Å². The van der Waals surface area contributed by atoms with Crippen molar-refractivity contribution in [3.63, 3.8) is 0 Å². The molecule has 0 aliphatic carbocycles. The van der Waals surface area contributed by atoms with E-state index in [9.17, 15) is 9.18 Å². The molecule has 5 heteroatoms. The molecule has 0 aromatic heterocycles. The first-order valence-corrected chi connectivity index (χ1v) is 8.19. The van der Waals surface area contributed by atoms with Crippen molar-refractivity contribution in [1.82, 2.24) is 4.90 Å². The molecule has 1 aromatic rings. The van der Waals surface area contributed by atoms with E-state index in [-0.39, 0.29) is 11.7 Å². The first-order valence-electron chi connectivity index (χ1n) is 6.48. The van der Waals surface area contributed by atoms with Gasteiger partial charge in [0.15, 0.2) is 0 Å². The molecule has 2 saturated heterocycles. The van der Waals surface area contributed by atoms with Gasteiger partial charge in [0.2, 0.25) is 0 Å². The normalized spacial score (nSPS) is 29.6. The summed E-state index contributed by atoms with van der Waals surface area (Å²) in [5, 5.41) is 0. The second-order valence-corrected chi connectivity index (χ2v) is 7.44. The van der Waals surface area contributed by atoms with Crippen LogP contribution in [0.2, 0.25) is 0 Å². The summed E-state index contributed by atoms with van der Waals surface area (Å²) in [4.78, 5) is 15.1. The molecule has 2 atom stereocenters. The average molecular weight is 391 g/mol. The number of benzene rings is 1. The smallest absolute Gasteiger partial charge is 0.254 e. The number of amides is 1. The summed E-state index contributed by atoms with van der Waals surface area (Å²) in [5.74, 6) is -0.300. The molecule has 0 spiro atoms. The van der Waals surface area contributed by atoms with Crippen molar-refractivity contribution in [2.24, 2.45) is 0 Å². The van der Waals surface area contributed by atoms with Crippen LogP contribution in [-0.2, 0) is 0 Å². The highest BCUT2D eigenvalue weighted by Crippen LogP contribution is 2.39. The molecule has 2 aliphatic rings. The van der Waals surface area contributed by atoms with Gasteiger partial charge in [0.1, 0.15) is 5.82 Å². The number of alkyl halides is 1. The lowest BCUT2D eigenvalue weighted by molar-refractivity contribution is 0.0603. The van der Waals surface area contributed by atoms with Gasteiger partial charge >= 0.3 is 0 Å². The van der Waals surface area contributed by atoms with Crippen molar-refractivity contribution in [2.45, 2.75) is 42.6 Å². The number of carbonyl (C=O) groups excluding carboxylic acids is 1. The topological polar surface area (TPSA) is 20.3 Å². The van der Waals surface area contributed by atoms with Gasteiger partial charge < -0.3 is 4.90 Å². The van der Waals surface area contributed by atoms with Crippen molar-refractivity contribution in [1.29, 1.82) is 0 Å². The number of hydrogen-bond donors (Lipinski definition) is 0. The maximum absolute atomic E-state index is 13.2. The Balaban J connectivity index is 1.86. The van der Waals surface area contributed by atoms with E-state index in [4.69, 9.17) is 0 Å². The Hall–Kier alpha value is -0.420. The van der Waals surface area contributed by atoms with Gasteiger partial charge in [-0.05, 0) is 59.8 Å². The van der Waals surface area contributed by atoms with Crippen LogP contribution >= 0.6 is 31.9 Å². The fourth-order valence-corrected chi connectivity index (χ4v) is 4.46. The highest BCUT2D eigenvalue weighted by Gasteiger charge is 2.42. The number of halogens is 3. The maximum Gasteiger partial charge on any atom is 0.254 e. The Bertz CT molecular complexity index is 508. The molecule has 3 rings (SSSR count). The van der Waals surface area contributed by atoms with Gasteiger partial charge in [0.05, 0.1) is 4.47 Å². The van der Waals surface area contributed by atoms with E-state index < -0.39 is 0 Å². The molecule has 0 radical (unpaired) electrons. The first kappa shape index (κ1) is 13.6. The number of hydrogen-bond acceptors (Lipinski definition) is 1. The lowest BCUT2D eigenvalue weighted by Gasteiger charge is -2.37. The molecule has 2 bridgehead atoms. The summed E-state index contributed by atoms with van der Waals surface area (Å²) >= 11 is 6.81. The highest BCUT2D eigenvalue weighted by molar-refractivity contribution is 9.10. The van der Waals surface area contributed by atoms with Gasteiger partial charge in [0, 0.05) is 22.5 Å². The van der Waals surface area contributed by atoms with E-state index in [2.05, 4.69) is 31.9 Å². The van der Waals surface area contributed by atoms with E-state index in [1.54, 1.807) is 12.1 Å². The minimum atomic E-state index is -0.335. The molecular weight excluding hydrogens is 377 g/mol. The van der Waals surface area contributed by atoms with Gasteiger partial charge in [-0.15, -0.1) is 0 Å². The summed E-state index contributed by atoms with van der Waals surface area (Å²) in [6.07, 6.45) is 4.21. The van der Waals surface area contributed by atoms with Crippen molar-refractivity contribution in [2.75, 3.05) is 0 Å². The molecule has 0 saturated carbocycles. The van der Waals surface area contributed by atoms with Gasteiger partial charge in [-0.25, -0.2) is 4.39 Å². The molecule has 19 heavy (non-hydrogen) atoms. The maximum atomic E-state index is 13.2. The minimum absolute atomic E-state index is 0.0348. The van der Waals surface area contributed by atoms with E-state index in [1.807, 2.05) is 4.90 Å². The van der Waals surface area contributed by atoms with Crippen LogP contribution in [0.4, 0.5) is 4.39 Å². The van der Waals surface area contributed by atoms with Crippen molar-refractivity contribution < 1.29 is 9.18 Å². The Kier molecular flexibility index (Phi) is 3.69. The lowest BCUT2D eigenvalue weighted by Crippen LogP contribution is -2.46. The predicted octanol–water partition coefficient (Wildman–Crippen LogP) is 4.12. The zero-order chi connectivity index (χ0) is 13.6. The molecule has 2 aliphatic heterocycles. The van der Waals surface area contributed by atoms with Crippen LogP contribution in [0.15, 0.2) is 22.7 Å². The Labute approximate surface area is 128 Å². The molecule has 1 amide bonds. The van der Waals surface area contributed by atoms with Crippen molar-refractivity contribution in [3.8, 4) is 0 Å². The molecule has 0 N–H and O–H groups in total. The summed E-state index contributed by atoms with van der Waals surface area (Å²) in [6.45, 7) is 0. The number of nitrogens with zero attached hydrogens (tertiary/aromatic N) is 1. The highest BCUT2D eigenvalue weighted by atomic mass is 79.9. The Morgan fingerprint density at radius 2 is 1.89 bits per heavy atom. The SMILES string of the molecule is O=C(c1ccc(F)c(Br)c1)N1C2CCC1CC(Br)C2. The summed E-state index contributed by atoms with van der Waals surface area (Å²) in [7, 11) is 0. The van der Waals surface area contributed by atoms with Crippen LogP contribution in [-0.4, -0.2) is 27.7 Å². The quantitative estimate of drug-likeness (QED) is 0.660. The largest absolute Gasteiger partial charge is 0.333 e. The zero-order valence-corrected chi connectivity index (χ0v) is 13.5. The molecular formula is C14H14Br2FNO. The number of piperidine rings is 1. The summed E-state index contributed by atoms with van der Waals surface area (Å²) in [6, 6.07) is 5.16. The van der Waals surface area contributed by atoms with Crippen LogP contribution < -0.4 is 0 Å². The third-order valence-corrected chi connectivity index (χ3v) is 5.43. The predicted molar refractivity (Wildman–Crippen MR) is 79.0 cm³/mol. The zero-order valence-electron chi connectivity index (χ0n) is 10.3. The summed E-state index contributed by atoms with van der Waals surface area (Å²) < 4.78 is 13.6. The Morgan fingerprint density at radius 3 is 2.47 bits per heavy atom. The lowest BCUT2D eigenvalue weighted by atomic mass is 10.0. The van der Waals surface area contributed by atoms with E-state index >= 15 is 0 Å². The average Bonchev–Trinajstić information content (AvgIpc) is 2.64. The molecule has 2 fully saturated rings. The molecule has 2 heterocycles. The van der Waals surface area contributed by atoms with E-state index in [0.717, 1.165) is 25.7 Å². The van der Waals surface area contributed by atoms with Gasteiger partial charge in [0.25, 0.3) is 5.91 Å². The summed E-state index contributed by atoms with van der Waals surface area (Å²) in [5.41, 5.74) is 0.568. The fourth-order valence-electron chi connectivity index (χ4n) is 3.22. The van der Waals surface area contributed by atoms with Crippen molar-refractivity contribution in [3.05, 3.63) is 34.1 Å². The Morgan fingerprint density at radius 1 is 1.26 bits per heavy atom. The van der Waals surface area contributed by atoms with Crippen LogP contribution in [0.3, 0.4) is 0 Å². The third kappa shape index (κ3) is 2.47. The van der Waals surface area contributed by atoms with E-state index in [1.165, 1.54) is 6.07 Å². The van der Waals surface area contributed by atoms with Crippen molar-refractivity contribution >= 4 is 37.8 Å².